The highest BCUT2D eigenvalue weighted by Gasteiger charge is 2.52. The number of nitrogens with zero attached hydrogens (tertiary/aromatic N) is 2. The minimum atomic E-state index is 0.00355. The van der Waals surface area contributed by atoms with E-state index < -0.39 is 0 Å². The third kappa shape index (κ3) is 2.68. The standard InChI is InChI=1S/C20H24N2OS/c1-21-19(23)13-18(17-5-3-2-4-6-17)20(21)8-10-22(11-9-20)14-16-7-12-24-15-16/h2-7,12,15,18H,8-11,13-14H2,1H3/t18-/m0/s1. The summed E-state index contributed by atoms with van der Waals surface area (Å²) in [6.45, 7) is 3.17. The Bertz CT molecular complexity index is 690. The van der Waals surface area contributed by atoms with Crippen molar-refractivity contribution in [3.8, 4) is 0 Å². The van der Waals surface area contributed by atoms with Gasteiger partial charge in [-0.25, -0.2) is 0 Å². The number of thiophene rings is 1. The van der Waals surface area contributed by atoms with Crippen LogP contribution in [-0.2, 0) is 11.3 Å². The molecule has 4 rings (SSSR count). The fourth-order valence-corrected chi connectivity index (χ4v) is 5.18. The van der Waals surface area contributed by atoms with Crippen molar-refractivity contribution in [1.82, 2.24) is 9.80 Å². The third-order valence-corrected chi connectivity index (χ3v) is 6.71. The molecule has 0 radical (unpaired) electrons. The van der Waals surface area contributed by atoms with Crippen LogP contribution in [0.25, 0.3) is 0 Å². The smallest absolute Gasteiger partial charge is 0.223 e. The maximum atomic E-state index is 12.5. The van der Waals surface area contributed by atoms with E-state index >= 15 is 0 Å². The highest BCUT2D eigenvalue weighted by molar-refractivity contribution is 7.07. The van der Waals surface area contributed by atoms with Gasteiger partial charge in [-0.3, -0.25) is 9.69 Å². The van der Waals surface area contributed by atoms with Gasteiger partial charge in [0.1, 0.15) is 0 Å². The summed E-state index contributed by atoms with van der Waals surface area (Å²) in [6.07, 6.45) is 2.79. The highest BCUT2D eigenvalue weighted by atomic mass is 32.1. The molecule has 126 valence electrons. The number of hydrogen-bond acceptors (Lipinski definition) is 3. The lowest BCUT2D eigenvalue weighted by molar-refractivity contribution is -0.130. The number of rotatable bonds is 3. The predicted molar refractivity (Wildman–Crippen MR) is 98.1 cm³/mol. The Balaban J connectivity index is 1.53. The zero-order valence-electron chi connectivity index (χ0n) is 14.1. The molecule has 1 aromatic heterocycles. The van der Waals surface area contributed by atoms with E-state index in [1.54, 1.807) is 11.3 Å². The molecule has 1 aromatic carbocycles. The molecule has 2 fully saturated rings. The zero-order chi connectivity index (χ0) is 16.6. The number of likely N-dealkylation sites (N-methyl/N-ethyl adjacent to an activating group) is 1. The molecule has 3 nitrogen and oxygen atoms in total. The molecule has 2 aromatic rings. The SMILES string of the molecule is CN1C(=O)C[C@@H](c2ccccc2)C12CCN(Cc1ccsc1)CC2. The van der Waals surface area contributed by atoms with Crippen molar-refractivity contribution in [2.45, 2.75) is 37.3 Å². The first kappa shape index (κ1) is 15.9. The normalized spacial score (nSPS) is 24.0. The van der Waals surface area contributed by atoms with Crippen molar-refractivity contribution in [2.24, 2.45) is 0 Å². The van der Waals surface area contributed by atoms with E-state index in [-0.39, 0.29) is 5.54 Å². The number of carbonyl (C=O) groups is 1. The van der Waals surface area contributed by atoms with Crippen LogP contribution in [-0.4, -0.2) is 41.4 Å². The van der Waals surface area contributed by atoms with Crippen LogP contribution in [0, 0.1) is 0 Å². The van der Waals surface area contributed by atoms with Crippen LogP contribution in [0.2, 0.25) is 0 Å². The quantitative estimate of drug-likeness (QED) is 0.850. The largest absolute Gasteiger partial charge is 0.339 e. The van der Waals surface area contributed by atoms with Gasteiger partial charge in [0.2, 0.25) is 5.91 Å². The number of piperidine rings is 1. The van der Waals surface area contributed by atoms with Gasteiger partial charge in [0.25, 0.3) is 0 Å². The van der Waals surface area contributed by atoms with Crippen molar-refractivity contribution in [3.05, 3.63) is 58.3 Å². The number of likely N-dealkylation sites (tertiary alicyclic amines) is 2. The first-order chi connectivity index (χ1) is 11.7. The summed E-state index contributed by atoms with van der Waals surface area (Å²) in [6, 6.07) is 12.8. The number of hydrogen-bond donors (Lipinski definition) is 0. The maximum absolute atomic E-state index is 12.5. The first-order valence-corrected chi connectivity index (χ1v) is 9.68. The molecule has 2 saturated heterocycles. The molecule has 1 amide bonds. The lowest BCUT2D eigenvalue weighted by Crippen LogP contribution is -2.53. The van der Waals surface area contributed by atoms with E-state index in [0.717, 1.165) is 32.5 Å². The van der Waals surface area contributed by atoms with Crippen LogP contribution in [0.4, 0.5) is 0 Å². The Labute approximate surface area is 147 Å². The molecule has 2 aliphatic heterocycles. The topological polar surface area (TPSA) is 23.6 Å². The van der Waals surface area contributed by atoms with Gasteiger partial charge in [-0.05, 0) is 40.8 Å². The second-order valence-electron chi connectivity index (χ2n) is 7.13. The molecule has 24 heavy (non-hydrogen) atoms. The molecule has 0 unspecified atom stereocenters. The van der Waals surface area contributed by atoms with Gasteiger partial charge >= 0.3 is 0 Å². The van der Waals surface area contributed by atoms with Gasteiger partial charge in [0.15, 0.2) is 0 Å². The lowest BCUT2D eigenvalue weighted by atomic mass is 9.73. The van der Waals surface area contributed by atoms with Gasteiger partial charge in [-0.1, -0.05) is 30.3 Å². The van der Waals surface area contributed by atoms with E-state index in [2.05, 4.69) is 57.0 Å². The molecule has 1 atom stereocenters. The second-order valence-corrected chi connectivity index (χ2v) is 7.91. The Kier molecular flexibility index (Phi) is 4.19. The molecular weight excluding hydrogens is 316 g/mol. The fraction of sp³-hybridized carbons (Fsp3) is 0.450. The molecule has 1 spiro atoms. The van der Waals surface area contributed by atoms with Gasteiger partial charge in [0, 0.05) is 39.0 Å². The zero-order valence-corrected chi connectivity index (χ0v) is 15.0. The predicted octanol–water partition coefficient (Wildman–Crippen LogP) is 3.73. The van der Waals surface area contributed by atoms with Gasteiger partial charge in [-0.2, -0.15) is 11.3 Å². The number of amides is 1. The highest BCUT2D eigenvalue weighted by Crippen LogP contribution is 2.48. The van der Waals surface area contributed by atoms with Crippen molar-refractivity contribution in [1.29, 1.82) is 0 Å². The molecule has 0 bridgehead atoms. The second kappa shape index (κ2) is 6.34. The van der Waals surface area contributed by atoms with E-state index in [1.807, 2.05) is 7.05 Å². The minimum Gasteiger partial charge on any atom is -0.339 e. The minimum absolute atomic E-state index is 0.00355. The van der Waals surface area contributed by atoms with E-state index in [4.69, 9.17) is 0 Å². The third-order valence-electron chi connectivity index (χ3n) is 5.98. The molecule has 3 heterocycles. The summed E-state index contributed by atoms with van der Waals surface area (Å²) >= 11 is 1.77. The van der Waals surface area contributed by atoms with Crippen LogP contribution in [0.5, 0.6) is 0 Å². The average molecular weight is 340 g/mol. The monoisotopic (exact) mass is 340 g/mol. The molecule has 0 aliphatic carbocycles. The van der Waals surface area contributed by atoms with Crippen molar-refractivity contribution < 1.29 is 4.79 Å². The summed E-state index contributed by atoms with van der Waals surface area (Å²) in [5, 5.41) is 4.39. The van der Waals surface area contributed by atoms with Gasteiger partial charge < -0.3 is 4.90 Å². The van der Waals surface area contributed by atoms with Crippen molar-refractivity contribution in [2.75, 3.05) is 20.1 Å². The van der Waals surface area contributed by atoms with Crippen molar-refractivity contribution >= 4 is 17.2 Å². The number of benzene rings is 1. The molecular formula is C20H24N2OS. The molecule has 0 N–H and O–H groups in total. The summed E-state index contributed by atoms with van der Waals surface area (Å²) in [4.78, 5) is 17.1. The van der Waals surface area contributed by atoms with Crippen molar-refractivity contribution in [3.63, 3.8) is 0 Å². The average Bonchev–Trinajstić information content (AvgIpc) is 3.21. The van der Waals surface area contributed by atoms with Crippen LogP contribution in [0.1, 0.15) is 36.3 Å². The van der Waals surface area contributed by atoms with E-state index in [1.165, 1.54) is 11.1 Å². The van der Waals surface area contributed by atoms with Crippen LogP contribution >= 0.6 is 11.3 Å². The Morgan fingerprint density at radius 1 is 1.17 bits per heavy atom. The van der Waals surface area contributed by atoms with Gasteiger partial charge in [0.05, 0.1) is 5.54 Å². The Morgan fingerprint density at radius 2 is 1.92 bits per heavy atom. The lowest BCUT2D eigenvalue weighted by Gasteiger charge is -2.47. The summed E-state index contributed by atoms with van der Waals surface area (Å²) < 4.78 is 0. The molecule has 4 heteroatoms. The van der Waals surface area contributed by atoms with E-state index in [9.17, 15) is 4.79 Å². The van der Waals surface area contributed by atoms with E-state index in [0.29, 0.717) is 18.2 Å². The number of carbonyl (C=O) groups excluding carboxylic acids is 1. The molecule has 0 saturated carbocycles. The summed E-state index contributed by atoms with van der Waals surface area (Å²) in [5.41, 5.74) is 2.73. The van der Waals surface area contributed by atoms with Crippen LogP contribution in [0.3, 0.4) is 0 Å². The fourth-order valence-electron chi connectivity index (χ4n) is 4.52. The first-order valence-electron chi connectivity index (χ1n) is 8.74. The summed E-state index contributed by atoms with van der Waals surface area (Å²) in [7, 11) is 2.01. The van der Waals surface area contributed by atoms with Gasteiger partial charge in [-0.15, -0.1) is 0 Å². The Morgan fingerprint density at radius 3 is 2.58 bits per heavy atom. The van der Waals surface area contributed by atoms with Crippen LogP contribution in [0.15, 0.2) is 47.2 Å². The maximum Gasteiger partial charge on any atom is 0.223 e. The Hall–Kier alpha value is -1.65. The van der Waals surface area contributed by atoms with Crippen LogP contribution < -0.4 is 0 Å². The summed E-state index contributed by atoms with van der Waals surface area (Å²) in [5.74, 6) is 0.634. The molecule has 2 aliphatic rings.